The normalized spacial score (nSPS) is 18.3. The highest BCUT2D eigenvalue weighted by Gasteiger charge is 2.27. The van der Waals surface area contributed by atoms with Crippen LogP contribution in [0.25, 0.3) is 0 Å². The lowest BCUT2D eigenvalue weighted by molar-refractivity contribution is 0.00201. The molecule has 0 radical (unpaired) electrons. The number of likely N-dealkylation sites (tertiary alicyclic amines) is 1. The quantitative estimate of drug-likeness (QED) is 0.819. The van der Waals surface area contributed by atoms with Crippen molar-refractivity contribution in [2.45, 2.75) is 52.2 Å². The first-order chi connectivity index (χ1) is 10.3. The number of rotatable bonds is 4. The summed E-state index contributed by atoms with van der Waals surface area (Å²) >= 11 is 1.73. The van der Waals surface area contributed by atoms with Gasteiger partial charge in [-0.2, -0.15) is 0 Å². The van der Waals surface area contributed by atoms with Crippen LogP contribution in [-0.4, -0.2) is 36.3 Å². The van der Waals surface area contributed by atoms with E-state index < -0.39 is 5.60 Å². The van der Waals surface area contributed by atoms with Crippen LogP contribution in [-0.2, 0) is 9.47 Å². The molecule has 1 saturated heterocycles. The molecule has 1 fully saturated rings. The van der Waals surface area contributed by atoms with Crippen molar-refractivity contribution in [1.82, 2.24) is 4.90 Å². The van der Waals surface area contributed by atoms with E-state index in [2.05, 4.69) is 24.4 Å². The third kappa shape index (κ3) is 5.29. The molecule has 0 bridgehead atoms. The van der Waals surface area contributed by atoms with Crippen LogP contribution in [0.5, 0.6) is 0 Å². The zero-order valence-electron chi connectivity index (χ0n) is 14.0. The molecule has 0 aromatic carbocycles. The fourth-order valence-corrected chi connectivity index (χ4v) is 3.22. The molecule has 0 saturated carbocycles. The van der Waals surface area contributed by atoms with Crippen molar-refractivity contribution < 1.29 is 14.3 Å². The third-order valence-electron chi connectivity index (χ3n) is 3.79. The summed E-state index contributed by atoms with van der Waals surface area (Å²) in [5.74, 6) is 0.529. The zero-order chi connectivity index (χ0) is 16.2. The molecule has 124 valence electrons. The second kappa shape index (κ2) is 7.47. The number of amides is 1. The SMILES string of the molecule is C[C@H](OCC1CCN(C(=O)OC(C)(C)C)CC1)c1cccs1. The highest BCUT2D eigenvalue weighted by Crippen LogP contribution is 2.25. The summed E-state index contributed by atoms with van der Waals surface area (Å²) in [6, 6.07) is 4.17. The Kier molecular flexibility index (Phi) is 5.87. The van der Waals surface area contributed by atoms with Crippen LogP contribution < -0.4 is 0 Å². The number of carbonyl (C=O) groups excluding carboxylic acids is 1. The van der Waals surface area contributed by atoms with Crippen molar-refractivity contribution in [3.05, 3.63) is 22.4 Å². The summed E-state index contributed by atoms with van der Waals surface area (Å²) in [6.45, 7) is 10.1. The number of piperidine rings is 1. The van der Waals surface area contributed by atoms with Crippen molar-refractivity contribution in [1.29, 1.82) is 0 Å². The van der Waals surface area contributed by atoms with E-state index >= 15 is 0 Å². The zero-order valence-corrected chi connectivity index (χ0v) is 14.8. The Hall–Kier alpha value is -1.07. The molecule has 1 aliphatic rings. The summed E-state index contributed by atoms with van der Waals surface area (Å²) in [5, 5.41) is 2.08. The van der Waals surface area contributed by atoms with Gasteiger partial charge in [-0.3, -0.25) is 0 Å². The van der Waals surface area contributed by atoms with Crippen LogP contribution in [0.3, 0.4) is 0 Å². The number of carbonyl (C=O) groups is 1. The van der Waals surface area contributed by atoms with Gasteiger partial charge in [0.15, 0.2) is 0 Å². The molecule has 0 unspecified atom stereocenters. The van der Waals surface area contributed by atoms with Gasteiger partial charge in [-0.25, -0.2) is 4.79 Å². The average molecular weight is 325 g/mol. The van der Waals surface area contributed by atoms with Crippen molar-refractivity contribution in [3.63, 3.8) is 0 Å². The molecule has 22 heavy (non-hydrogen) atoms. The molecule has 1 amide bonds. The molecule has 4 nitrogen and oxygen atoms in total. The van der Waals surface area contributed by atoms with Crippen LogP contribution in [0.1, 0.15) is 51.5 Å². The molecule has 2 heterocycles. The Morgan fingerprint density at radius 3 is 2.64 bits per heavy atom. The summed E-state index contributed by atoms with van der Waals surface area (Å²) in [4.78, 5) is 15.1. The maximum absolute atomic E-state index is 12.0. The van der Waals surface area contributed by atoms with Crippen LogP contribution in [0, 0.1) is 5.92 Å². The van der Waals surface area contributed by atoms with E-state index in [4.69, 9.17) is 9.47 Å². The van der Waals surface area contributed by atoms with E-state index in [1.807, 2.05) is 25.7 Å². The van der Waals surface area contributed by atoms with E-state index in [-0.39, 0.29) is 12.2 Å². The Balaban J connectivity index is 1.70. The molecule has 2 rings (SSSR count). The predicted octanol–water partition coefficient (Wildman–Crippen LogP) is 4.47. The first kappa shape index (κ1) is 17.3. The molecule has 1 aliphatic heterocycles. The summed E-state index contributed by atoms with van der Waals surface area (Å²) in [5.41, 5.74) is -0.423. The minimum absolute atomic E-state index is 0.156. The van der Waals surface area contributed by atoms with E-state index in [1.165, 1.54) is 4.88 Å². The highest BCUT2D eigenvalue weighted by atomic mass is 32.1. The fraction of sp³-hybridized carbons (Fsp3) is 0.706. The van der Waals surface area contributed by atoms with Gasteiger partial charge in [0.1, 0.15) is 5.60 Å². The first-order valence-corrected chi connectivity index (χ1v) is 8.86. The molecule has 0 spiro atoms. The van der Waals surface area contributed by atoms with Crippen molar-refractivity contribution in [2.24, 2.45) is 5.92 Å². The molecule has 0 aliphatic carbocycles. The molecule has 1 aromatic heterocycles. The van der Waals surface area contributed by atoms with Gasteiger partial charge in [-0.15, -0.1) is 11.3 Å². The molecular formula is C17H27NO3S. The van der Waals surface area contributed by atoms with Crippen molar-refractivity contribution in [3.8, 4) is 0 Å². The first-order valence-electron chi connectivity index (χ1n) is 7.98. The van der Waals surface area contributed by atoms with Gasteiger partial charge in [-0.1, -0.05) is 6.07 Å². The van der Waals surface area contributed by atoms with Crippen molar-refractivity contribution in [2.75, 3.05) is 19.7 Å². The predicted molar refractivity (Wildman–Crippen MR) is 89.2 cm³/mol. The van der Waals surface area contributed by atoms with Gasteiger partial charge >= 0.3 is 6.09 Å². The summed E-state index contributed by atoms with van der Waals surface area (Å²) in [6.07, 6.45) is 1.93. The number of hydrogen-bond acceptors (Lipinski definition) is 4. The van der Waals surface area contributed by atoms with Gasteiger partial charge in [0.25, 0.3) is 0 Å². The smallest absolute Gasteiger partial charge is 0.410 e. The molecule has 5 heteroatoms. The van der Waals surface area contributed by atoms with Crippen molar-refractivity contribution >= 4 is 17.4 Å². The number of nitrogens with zero attached hydrogens (tertiary/aromatic N) is 1. The van der Waals surface area contributed by atoms with Crippen LogP contribution >= 0.6 is 11.3 Å². The van der Waals surface area contributed by atoms with Gasteiger partial charge < -0.3 is 14.4 Å². The van der Waals surface area contributed by atoms with Gasteiger partial charge in [0.05, 0.1) is 12.7 Å². The minimum atomic E-state index is -0.423. The number of ether oxygens (including phenoxy) is 2. The highest BCUT2D eigenvalue weighted by molar-refractivity contribution is 7.10. The van der Waals surface area contributed by atoms with Gasteiger partial charge in [-0.05, 0) is 57.9 Å². The Morgan fingerprint density at radius 2 is 2.09 bits per heavy atom. The lowest BCUT2D eigenvalue weighted by Crippen LogP contribution is -2.42. The third-order valence-corrected chi connectivity index (χ3v) is 4.83. The molecule has 0 N–H and O–H groups in total. The van der Waals surface area contributed by atoms with E-state index in [0.717, 1.165) is 32.5 Å². The minimum Gasteiger partial charge on any atom is -0.444 e. The van der Waals surface area contributed by atoms with E-state index in [9.17, 15) is 4.79 Å². The Bertz CT molecular complexity index is 459. The van der Waals surface area contributed by atoms with Crippen LogP contribution in [0.2, 0.25) is 0 Å². The lowest BCUT2D eigenvalue weighted by Gasteiger charge is -2.33. The second-order valence-corrected chi connectivity index (χ2v) is 7.88. The monoisotopic (exact) mass is 325 g/mol. The molecule has 1 aromatic rings. The summed E-state index contributed by atoms with van der Waals surface area (Å²) < 4.78 is 11.4. The van der Waals surface area contributed by atoms with Crippen LogP contribution in [0.4, 0.5) is 4.79 Å². The number of hydrogen-bond donors (Lipinski definition) is 0. The fourth-order valence-electron chi connectivity index (χ4n) is 2.49. The Morgan fingerprint density at radius 1 is 1.41 bits per heavy atom. The number of thiophene rings is 1. The topological polar surface area (TPSA) is 38.8 Å². The maximum Gasteiger partial charge on any atom is 0.410 e. The van der Waals surface area contributed by atoms with Crippen LogP contribution in [0.15, 0.2) is 17.5 Å². The largest absolute Gasteiger partial charge is 0.444 e. The van der Waals surface area contributed by atoms with Gasteiger partial charge in [0.2, 0.25) is 0 Å². The second-order valence-electron chi connectivity index (χ2n) is 6.90. The standard InChI is InChI=1S/C17H27NO3S/c1-13(15-6-5-11-22-15)20-12-14-7-9-18(10-8-14)16(19)21-17(2,3)4/h5-6,11,13-14H,7-10,12H2,1-4H3/t13-/m0/s1. The van der Waals surface area contributed by atoms with Gasteiger partial charge in [0, 0.05) is 18.0 Å². The average Bonchev–Trinajstić information content (AvgIpc) is 2.97. The molecule has 1 atom stereocenters. The van der Waals surface area contributed by atoms with E-state index in [1.54, 1.807) is 11.3 Å². The lowest BCUT2D eigenvalue weighted by atomic mass is 9.98. The van der Waals surface area contributed by atoms with E-state index in [0.29, 0.717) is 5.92 Å². The molecular weight excluding hydrogens is 298 g/mol. The Labute approximate surface area is 137 Å². The maximum atomic E-state index is 12.0. The summed E-state index contributed by atoms with van der Waals surface area (Å²) in [7, 11) is 0.